The Bertz CT molecular complexity index is 749. The molecule has 0 aliphatic carbocycles. The van der Waals surface area contributed by atoms with E-state index in [0.29, 0.717) is 6.07 Å². The second kappa shape index (κ2) is 6.95. The maximum absolute atomic E-state index is 13.5. The summed E-state index contributed by atoms with van der Waals surface area (Å²) in [5, 5.41) is 2.25. The first-order chi connectivity index (χ1) is 10.9. The summed E-state index contributed by atoms with van der Waals surface area (Å²) in [5.41, 5.74) is -0.578. The predicted molar refractivity (Wildman–Crippen MR) is 76.3 cm³/mol. The summed E-state index contributed by atoms with van der Waals surface area (Å²) >= 11 is 0. The number of rotatable bonds is 4. The third-order valence-corrected chi connectivity index (χ3v) is 2.94. The standard InChI is InChI=1S/C16H12F3NO3/c1-9(15(21)20-14-5-3-2-4-12(14)18)23-16(22)11-7-6-10(17)8-13(11)19/h2-9H,1H3,(H,20,21)/t9-/m0/s1. The Kier molecular flexibility index (Phi) is 5.00. The van der Waals surface area contributed by atoms with Crippen molar-refractivity contribution in [1.29, 1.82) is 0 Å². The maximum Gasteiger partial charge on any atom is 0.341 e. The Labute approximate surface area is 129 Å². The monoisotopic (exact) mass is 323 g/mol. The molecule has 2 aromatic rings. The molecule has 0 radical (unpaired) electrons. The van der Waals surface area contributed by atoms with Gasteiger partial charge < -0.3 is 10.1 Å². The van der Waals surface area contributed by atoms with Gasteiger partial charge in [-0.25, -0.2) is 18.0 Å². The smallest absolute Gasteiger partial charge is 0.341 e. The van der Waals surface area contributed by atoms with Crippen molar-refractivity contribution >= 4 is 17.6 Å². The number of amides is 1. The first-order valence-electron chi connectivity index (χ1n) is 6.60. The fourth-order valence-electron chi connectivity index (χ4n) is 1.73. The van der Waals surface area contributed by atoms with Crippen LogP contribution in [0.2, 0.25) is 0 Å². The van der Waals surface area contributed by atoms with Gasteiger partial charge >= 0.3 is 5.97 Å². The molecule has 7 heteroatoms. The Hall–Kier alpha value is -2.83. The van der Waals surface area contributed by atoms with E-state index in [1.54, 1.807) is 0 Å². The van der Waals surface area contributed by atoms with E-state index in [0.717, 1.165) is 18.2 Å². The van der Waals surface area contributed by atoms with Gasteiger partial charge in [-0.05, 0) is 31.2 Å². The van der Waals surface area contributed by atoms with Gasteiger partial charge in [0.2, 0.25) is 0 Å². The second-order valence-corrected chi connectivity index (χ2v) is 4.64. The molecule has 1 N–H and O–H groups in total. The SMILES string of the molecule is C[C@H](OC(=O)c1ccc(F)cc1F)C(=O)Nc1ccccc1F. The van der Waals surface area contributed by atoms with Crippen molar-refractivity contribution in [3.05, 3.63) is 65.5 Å². The number of anilines is 1. The van der Waals surface area contributed by atoms with Crippen molar-refractivity contribution in [3.63, 3.8) is 0 Å². The summed E-state index contributed by atoms with van der Waals surface area (Å²) in [6.07, 6.45) is -1.30. The Morgan fingerprint density at radius 3 is 2.39 bits per heavy atom. The van der Waals surface area contributed by atoms with Crippen molar-refractivity contribution in [2.45, 2.75) is 13.0 Å². The highest BCUT2D eigenvalue weighted by Gasteiger charge is 2.22. The molecule has 0 saturated carbocycles. The van der Waals surface area contributed by atoms with Crippen molar-refractivity contribution in [3.8, 4) is 0 Å². The summed E-state index contributed by atoms with van der Waals surface area (Å²) in [7, 11) is 0. The fraction of sp³-hybridized carbons (Fsp3) is 0.125. The Balaban J connectivity index is 2.03. The molecule has 120 valence electrons. The summed E-state index contributed by atoms with van der Waals surface area (Å²) in [6, 6.07) is 7.79. The molecule has 0 heterocycles. The highest BCUT2D eigenvalue weighted by Crippen LogP contribution is 2.15. The number of benzene rings is 2. The molecule has 0 aromatic heterocycles. The molecule has 2 aromatic carbocycles. The summed E-state index contributed by atoms with van der Waals surface area (Å²) in [4.78, 5) is 23.6. The minimum Gasteiger partial charge on any atom is -0.449 e. The van der Waals surface area contributed by atoms with Crippen LogP contribution in [-0.2, 0) is 9.53 Å². The lowest BCUT2D eigenvalue weighted by atomic mass is 10.2. The van der Waals surface area contributed by atoms with Crippen LogP contribution in [0.4, 0.5) is 18.9 Å². The molecular weight excluding hydrogens is 311 g/mol. The van der Waals surface area contributed by atoms with E-state index in [9.17, 15) is 22.8 Å². The molecule has 0 spiro atoms. The van der Waals surface area contributed by atoms with Crippen LogP contribution < -0.4 is 5.32 Å². The summed E-state index contributed by atoms with van der Waals surface area (Å²) in [6.45, 7) is 1.25. The first kappa shape index (κ1) is 16.5. The summed E-state index contributed by atoms with van der Waals surface area (Å²) < 4.78 is 44.5. The van der Waals surface area contributed by atoms with Crippen LogP contribution in [0.5, 0.6) is 0 Å². The van der Waals surface area contributed by atoms with E-state index in [1.165, 1.54) is 25.1 Å². The number of para-hydroxylation sites is 1. The third-order valence-electron chi connectivity index (χ3n) is 2.94. The first-order valence-corrected chi connectivity index (χ1v) is 6.60. The van der Waals surface area contributed by atoms with E-state index < -0.39 is 41.0 Å². The van der Waals surface area contributed by atoms with Crippen molar-refractivity contribution in [2.75, 3.05) is 5.32 Å². The second-order valence-electron chi connectivity index (χ2n) is 4.64. The van der Waals surface area contributed by atoms with Gasteiger partial charge in [0, 0.05) is 6.07 Å². The molecule has 1 atom stereocenters. The van der Waals surface area contributed by atoms with Crippen molar-refractivity contribution in [2.24, 2.45) is 0 Å². The molecule has 4 nitrogen and oxygen atoms in total. The molecule has 0 unspecified atom stereocenters. The van der Waals surface area contributed by atoms with Gasteiger partial charge in [-0.15, -0.1) is 0 Å². The van der Waals surface area contributed by atoms with E-state index in [-0.39, 0.29) is 5.69 Å². The maximum atomic E-state index is 13.5. The van der Waals surface area contributed by atoms with Gasteiger partial charge in [0.25, 0.3) is 5.91 Å². The normalized spacial score (nSPS) is 11.7. The molecule has 1 amide bonds. The van der Waals surface area contributed by atoms with Gasteiger partial charge in [0.15, 0.2) is 6.10 Å². The van der Waals surface area contributed by atoms with Gasteiger partial charge in [0.05, 0.1) is 11.3 Å². The van der Waals surface area contributed by atoms with Gasteiger partial charge in [0.1, 0.15) is 17.5 Å². The van der Waals surface area contributed by atoms with Gasteiger partial charge in [-0.2, -0.15) is 0 Å². The van der Waals surface area contributed by atoms with Gasteiger partial charge in [-0.1, -0.05) is 12.1 Å². The number of hydrogen-bond donors (Lipinski definition) is 1. The number of ether oxygens (including phenoxy) is 1. The molecule has 0 bridgehead atoms. The molecule has 0 fully saturated rings. The van der Waals surface area contributed by atoms with Gasteiger partial charge in [-0.3, -0.25) is 4.79 Å². The van der Waals surface area contributed by atoms with Crippen LogP contribution in [0.15, 0.2) is 42.5 Å². The zero-order chi connectivity index (χ0) is 17.0. The van der Waals surface area contributed by atoms with Crippen LogP contribution in [0, 0.1) is 17.5 Å². The van der Waals surface area contributed by atoms with Crippen molar-refractivity contribution < 1.29 is 27.5 Å². The Morgan fingerprint density at radius 2 is 1.74 bits per heavy atom. The van der Waals surface area contributed by atoms with E-state index in [1.807, 2.05) is 0 Å². The van der Waals surface area contributed by atoms with Crippen LogP contribution in [0.25, 0.3) is 0 Å². The number of carbonyl (C=O) groups excluding carboxylic acids is 2. The van der Waals surface area contributed by atoms with E-state index in [2.05, 4.69) is 5.32 Å². The average molecular weight is 323 g/mol. The van der Waals surface area contributed by atoms with E-state index in [4.69, 9.17) is 4.74 Å². The number of nitrogens with one attached hydrogen (secondary N) is 1. The predicted octanol–water partition coefficient (Wildman–Crippen LogP) is 3.29. The molecule has 23 heavy (non-hydrogen) atoms. The minimum absolute atomic E-state index is 0.0756. The number of carbonyl (C=O) groups is 2. The van der Waals surface area contributed by atoms with Crippen LogP contribution in [-0.4, -0.2) is 18.0 Å². The van der Waals surface area contributed by atoms with Crippen LogP contribution in [0.1, 0.15) is 17.3 Å². The molecular formula is C16H12F3NO3. The highest BCUT2D eigenvalue weighted by molar-refractivity contribution is 5.97. The topological polar surface area (TPSA) is 55.4 Å². The molecule has 0 aliphatic heterocycles. The zero-order valence-corrected chi connectivity index (χ0v) is 12.0. The van der Waals surface area contributed by atoms with E-state index >= 15 is 0 Å². The largest absolute Gasteiger partial charge is 0.449 e. The lowest BCUT2D eigenvalue weighted by Crippen LogP contribution is -2.30. The highest BCUT2D eigenvalue weighted by atomic mass is 19.1. The molecule has 0 aliphatic rings. The number of halogens is 3. The fourth-order valence-corrected chi connectivity index (χ4v) is 1.73. The molecule has 2 rings (SSSR count). The van der Waals surface area contributed by atoms with Crippen LogP contribution in [0.3, 0.4) is 0 Å². The summed E-state index contributed by atoms with van der Waals surface area (Å²) in [5.74, 6) is -4.50. The van der Waals surface area contributed by atoms with Crippen LogP contribution >= 0.6 is 0 Å². The number of esters is 1. The average Bonchev–Trinajstić information content (AvgIpc) is 2.49. The van der Waals surface area contributed by atoms with Crippen molar-refractivity contribution in [1.82, 2.24) is 0 Å². The number of hydrogen-bond acceptors (Lipinski definition) is 3. The Morgan fingerprint density at radius 1 is 1.04 bits per heavy atom. The third kappa shape index (κ3) is 4.09. The lowest BCUT2D eigenvalue weighted by Gasteiger charge is -2.14. The zero-order valence-electron chi connectivity index (χ0n) is 12.0. The minimum atomic E-state index is -1.30. The molecule has 0 saturated heterocycles. The lowest BCUT2D eigenvalue weighted by molar-refractivity contribution is -0.123. The quantitative estimate of drug-likeness (QED) is 0.879.